The van der Waals surface area contributed by atoms with E-state index < -0.39 is 11.5 Å². The Morgan fingerprint density at radius 2 is 1.86 bits per heavy atom. The molecule has 0 saturated heterocycles. The highest BCUT2D eigenvalue weighted by Gasteiger charge is 2.15. The van der Waals surface area contributed by atoms with Crippen molar-refractivity contribution >= 4 is 36.4 Å². The Morgan fingerprint density at radius 1 is 1.17 bits per heavy atom. The average molecular weight is 441 g/mol. The number of fused-ring (bicyclic) bond motifs is 1. The van der Waals surface area contributed by atoms with Gasteiger partial charge >= 0.3 is 5.97 Å². The maximum Gasteiger partial charge on any atom is 0.341 e. The Labute approximate surface area is 181 Å². The number of aromatic amines is 1. The summed E-state index contributed by atoms with van der Waals surface area (Å²) in [5, 5.41) is 9.17. The Balaban J connectivity index is 0.00000210. The second-order valence-corrected chi connectivity index (χ2v) is 6.45. The zero-order valence-corrected chi connectivity index (χ0v) is 18.3. The lowest BCUT2D eigenvalue weighted by Gasteiger charge is -2.15. The zero-order chi connectivity index (χ0) is 19.6. The van der Waals surface area contributed by atoms with E-state index in [4.69, 9.17) is 5.11 Å². The molecule has 0 bridgehead atoms. The summed E-state index contributed by atoms with van der Waals surface area (Å²) in [6.45, 7) is 8.90. The van der Waals surface area contributed by atoms with Crippen LogP contribution in [0.1, 0.15) is 42.4 Å². The fourth-order valence-corrected chi connectivity index (χ4v) is 3.21. The standard InChI is InChI=1S/C20H24N4O3.2ClH/c1-4-13-9-16(20(26)27)19(25)22-18(13)14-7-8-17-21-15(12-24(17)10-14)11-23(5-2)6-3;;/h7-10,12H,4-6,11H2,1-3H3,(H,22,25)(H,26,27);2*1H. The van der Waals surface area contributed by atoms with Crippen LogP contribution in [0.15, 0.2) is 35.4 Å². The van der Waals surface area contributed by atoms with E-state index in [0.29, 0.717) is 12.1 Å². The largest absolute Gasteiger partial charge is 0.477 e. The molecule has 0 atom stereocenters. The highest BCUT2D eigenvalue weighted by Crippen LogP contribution is 2.22. The van der Waals surface area contributed by atoms with Gasteiger partial charge in [0.1, 0.15) is 11.2 Å². The Kier molecular flexibility index (Phi) is 8.88. The molecule has 9 heteroatoms. The lowest BCUT2D eigenvalue weighted by atomic mass is 10.0. The summed E-state index contributed by atoms with van der Waals surface area (Å²) in [5.41, 5.74) is 3.25. The summed E-state index contributed by atoms with van der Waals surface area (Å²) >= 11 is 0. The van der Waals surface area contributed by atoms with Crippen molar-refractivity contribution in [1.29, 1.82) is 0 Å². The van der Waals surface area contributed by atoms with Gasteiger partial charge in [0.2, 0.25) is 0 Å². The van der Waals surface area contributed by atoms with Gasteiger partial charge in [0.05, 0.1) is 11.4 Å². The Hall–Kier alpha value is -2.35. The van der Waals surface area contributed by atoms with Crippen molar-refractivity contribution in [1.82, 2.24) is 19.3 Å². The van der Waals surface area contributed by atoms with Crippen molar-refractivity contribution in [3.8, 4) is 11.3 Å². The molecule has 3 aromatic heterocycles. The van der Waals surface area contributed by atoms with Gasteiger partial charge in [-0.05, 0) is 43.3 Å². The molecular formula is C20H26Cl2N4O3. The molecule has 3 rings (SSSR count). The summed E-state index contributed by atoms with van der Waals surface area (Å²) in [5.74, 6) is -1.22. The molecule has 7 nitrogen and oxygen atoms in total. The number of carboxylic acids is 1. The van der Waals surface area contributed by atoms with Crippen molar-refractivity contribution in [2.24, 2.45) is 0 Å². The molecule has 0 spiro atoms. The van der Waals surface area contributed by atoms with Crippen LogP contribution in [0.4, 0.5) is 0 Å². The van der Waals surface area contributed by atoms with Gasteiger partial charge in [-0.1, -0.05) is 20.8 Å². The van der Waals surface area contributed by atoms with Crippen LogP contribution in [-0.4, -0.2) is 43.4 Å². The van der Waals surface area contributed by atoms with E-state index in [1.165, 1.54) is 6.07 Å². The summed E-state index contributed by atoms with van der Waals surface area (Å²) in [6, 6.07) is 5.26. The number of nitrogens with zero attached hydrogens (tertiary/aromatic N) is 3. The maximum absolute atomic E-state index is 12.1. The van der Waals surface area contributed by atoms with Gasteiger partial charge in [0.15, 0.2) is 0 Å². The first kappa shape index (κ1) is 24.7. The number of hydrogen-bond donors (Lipinski definition) is 2. The number of pyridine rings is 2. The van der Waals surface area contributed by atoms with Crippen LogP contribution in [0.3, 0.4) is 0 Å². The summed E-state index contributed by atoms with van der Waals surface area (Å²) in [4.78, 5) is 33.0. The first-order valence-corrected chi connectivity index (χ1v) is 9.16. The number of carbonyl (C=O) groups is 1. The van der Waals surface area contributed by atoms with E-state index >= 15 is 0 Å². The Morgan fingerprint density at radius 3 is 2.45 bits per heavy atom. The first-order chi connectivity index (χ1) is 13.0. The maximum atomic E-state index is 12.1. The van der Waals surface area contributed by atoms with Crippen LogP contribution in [-0.2, 0) is 13.0 Å². The lowest BCUT2D eigenvalue weighted by molar-refractivity contribution is 0.0695. The van der Waals surface area contributed by atoms with Crippen LogP contribution in [0.25, 0.3) is 16.9 Å². The highest BCUT2D eigenvalue weighted by atomic mass is 35.5. The van der Waals surface area contributed by atoms with Gasteiger partial charge in [-0.25, -0.2) is 9.78 Å². The van der Waals surface area contributed by atoms with Gasteiger partial charge in [-0.15, -0.1) is 24.8 Å². The van der Waals surface area contributed by atoms with E-state index in [2.05, 4.69) is 28.7 Å². The minimum atomic E-state index is -1.22. The van der Waals surface area contributed by atoms with Crippen molar-refractivity contribution in [3.05, 3.63) is 57.8 Å². The molecule has 2 N–H and O–H groups in total. The topological polar surface area (TPSA) is 90.7 Å². The molecule has 0 fully saturated rings. The molecule has 0 aliphatic carbocycles. The number of aryl methyl sites for hydroxylation is 1. The molecule has 3 aromatic rings. The molecule has 29 heavy (non-hydrogen) atoms. The fraction of sp³-hybridized carbons (Fsp3) is 0.350. The number of aromatic carboxylic acids is 1. The third kappa shape index (κ3) is 5.18. The third-order valence-corrected chi connectivity index (χ3v) is 4.80. The molecule has 0 unspecified atom stereocenters. The lowest BCUT2D eigenvalue weighted by Crippen LogP contribution is -2.22. The van der Waals surface area contributed by atoms with E-state index in [1.807, 2.05) is 35.9 Å². The smallest absolute Gasteiger partial charge is 0.341 e. The van der Waals surface area contributed by atoms with Crippen LogP contribution < -0.4 is 5.56 Å². The molecule has 158 valence electrons. The van der Waals surface area contributed by atoms with Gasteiger partial charge in [0, 0.05) is 24.5 Å². The minimum absolute atomic E-state index is 0. The minimum Gasteiger partial charge on any atom is -0.477 e. The summed E-state index contributed by atoms with van der Waals surface area (Å²) in [6.07, 6.45) is 4.52. The molecular weight excluding hydrogens is 415 g/mol. The molecule has 0 saturated carbocycles. The monoisotopic (exact) mass is 440 g/mol. The Bertz CT molecular complexity index is 1040. The van der Waals surface area contributed by atoms with E-state index in [1.54, 1.807) is 0 Å². The van der Waals surface area contributed by atoms with E-state index in [-0.39, 0.29) is 30.4 Å². The molecule has 0 radical (unpaired) electrons. The number of carboxylic acid groups (broad SMARTS) is 1. The van der Waals surface area contributed by atoms with Crippen molar-refractivity contribution < 1.29 is 9.90 Å². The van der Waals surface area contributed by atoms with Gasteiger partial charge in [0.25, 0.3) is 5.56 Å². The number of H-pyrrole nitrogens is 1. The highest BCUT2D eigenvalue weighted by molar-refractivity contribution is 5.88. The van der Waals surface area contributed by atoms with Gasteiger partial charge < -0.3 is 14.5 Å². The van der Waals surface area contributed by atoms with E-state index in [0.717, 1.165) is 42.1 Å². The number of aromatic nitrogens is 3. The van der Waals surface area contributed by atoms with Crippen LogP contribution in [0, 0.1) is 0 Å². The zero-order valence-electron chi connectivity index (χ0n) is 16.6. The molecule has 0 amide bonds. The summed E-state index contributed by atoms with van der Waals surface area (Å²) < 4.78 is 1.94. The van der Waals surface area contributed by atoms with Crippen molar-refractivity contribution in [2.75, 3.05) is 13.1 Å². The van der Waals surface area contributed by atoms with Crippen LogP contribution in [0.5, 0.6) is 0 Å². The predicted octanol–water partition coefficient (Wildman–Crippen LogP) is 3.64. The average Bonchev–Trinajstić information content (AvgIpc) is 3.07. The third-order valence-electron chi connectivity index (χ3n) is 4.80. The van der Waals surface area contributed by atoms with Crippen molar-refractivity contribution in [2.45, 2.75) is 33.7 Å². The second-order valence-electron chi connectivity index (χ2n) is 6.45. The SMILES string of the molecule is CCc1cc(C(=O)O)c(=O)[nH]c1-c1ccc2nc(CN(CC)CC)cn2c1.Cl.Cl. The number of halogens is 2. The van der Waals surface area contributed by atoms with Crippen LogP contribution in [0.2, 0.25) is 0 Å². The van der Waals surface area contributed by atoms with Crippen LogP contribution >= 0.6 is 24.8 Å². The number of imidazole rings is 1. The second kappa shape index (κ2) is 10.4. The molecule has 0 aliphatic heterocycles. The summed E-state index contributed by atoms with van der Waals surface area (Å²) in [7, 11) is 0. The van der Waals surface area contributed by atoms with Gasteiger partial charge in [-0.3, -0.25) is 9.69 Å². The molecule has 3 heterocycles. The quantitative estimate of drug-likeness (QED) is 0.584. The molecule has 0 aliphatic rings. The number of rotatable bonds is 7. The normalized spacial score (nSPS) is 10.6. The molecule has 0 aromatic carbocycles. The van der Waals surface area contributed by atoms with E-state index in [9.17, 15) is 9.59 Å². The number of nitrogens with one attached hydrogen (secondary N) is 1. The first-order valence-electron chi connectivity index (χ1n) is 9.16. The predicted molar refractivity (Wildman–Crippen MR) is 119 cm³/mol. The number of hydrogen-bond acceptors (Lipinski definition) is 4. The van der Waals surface area contributed by atoms with Crippen molar-refractivity contribution in [3.63, 3.8) is 0 Å². The van der Waals surface area contributed by atoms with Gasteiger partial charge in [-0.2, -0.15) is 0 Å². The fourth-order valence-electron chi connectivity index (χ4n) is 3.21.